The van der Waals surface area contributed by atoms with Crippen LogP contribution in [-0.2, 0) is 6.42 Å². The molecule has 1 aromatic heterocycles. The van der Waals surface area contributed by atoms with Crippen molar-refractivity contribution in [3.63, 3.8) is 0 Å². The highest BCUT2D eigenvalue weighted by molar-refractivity contribution is 5.25. The number of hydrogen-bond donors (Lipinski definition) is 1. The van der Waals surface area contributed by atoms with Crippen molar-refractivity contribution in [3.05, 3.63) is 54.0 Å². The molecule has 0 amide bonds. The average Bonchev–Trinajstić information content (AvgIpc) is 2.47. The van der Waals surface area contributed by atoms with Gasteiger partial charge in [0.05, 0.1) is 6.04 Å². The van der Waals surface area contributed by atoms with Crippen LogP contribution in [0.15, 0.2) is 42.6 Å². The topological polar surface area (TPSA) is 55.0 Å². The Hall–Kier alpha value is -1.94. The van der Waals surface area contributed by atoms with Crippen LogP contribution >= 0.6 is 0 Å². The van der Waals surface area contributed by atoms with E-state index in [9.17, 15) is 0 Å². The maximum atomic E-state index is 5.70. The number of nitrogens with zero attached hydrogens (tertiary/aromatic N) is 3. The summed E-state index contributed by atoms with van der Waals surface area (Å²) < 4.78 is 0. The largest absolute Gasteiger partial charge is 0.384 e. The van der Waals surface area contributed by atoms with E-state index in [1.165, 1.54) is 5.56 Å². The molecule has 20 heavy (non-hydrogen) atoms. The molecule has 0 fully saturated rings. The fourth-order valence-electron chi connectivity index (χ4n) is 2.16. The van der Waals surface area contributed by atoms with Gasteiger partial charge in [0.2, 0.25) is 0 Å². The minimum absolute atomic E-state index is 0.175. The third-order valence-corrected chi connectivity index (χ3v) is 3.55. The Bertz CT molecular complexity index is 527. The Balaban J connectivity index is 1.84. The SMILES string of the molecule is C[C@@H](c1nccc(N)n1)N(C)CCCc1ccccc1. The van der Waals surface area contributed by atoms with Gasteiger partial charge in [0, 0.05) is 6.20 Å². The van der Waals surface area contributed by atoms with E-state index in [0.29, 0.717) is 5.82 Å². The molecule has 2 N–H and O–H groups in total. The first kappa shape index (κ1) is 14.5. The monoisotopic (exact) mass is 270 g/mol. The third-order valence-electron chi connectivity index (χ3n) is 3.55. The minimum atomic E-state index is 0.175. The lowest BCUT2D eigenvalue weighted by molar-refractivity contribution is 0.249. The quantitative estimate of drug-likeness (QED) is 0.877. The van der Waals surface area contributed by atoms with Crippen molar-refractivity contribution in [1.29, 1.82) is 0 Å². The first-order valence-corrected chi connectivity index (χ1v) is 6.99. The van der Waals surface area contributed by atoms with Crippen molar-refractivity contribution in [3.8, 4) is 0 Å². The second-order valence-electron chi connectivity index (χ2n) is 5.09. The van der Waals surface area contributed by atoms with Gasteiger partial charge in [-0.1, -0.05) is 30.3 Å². The first-order valence-electron chi connectivity index (χ1n) is 6.99. The lowest BCUT2D eigenvalue weighted by Crippen LogP contribution is -2.25. The van der Waals surface area contributed by atoms with Crippen molar-refractivity contribution in [2.24, 2.45) is 0 Å². The zero-order chi connectivity index (χ0) is 14.4. The van der Waals surface area contributed by atoms with Gasteiger partial charge in [-0.2, -0.15) is 0 Å². The number of aromatic nitrogens is 2. The molecular formula is C16H22N4. The van der Waals surface area contributed by atoms with Crippen LogP contribution in [-0.4, -0.2) is 28.5 Å². The molecule has 1 heterocycles. The summed E-state index contributed by atoms with van der Waals surface area (Å²) in [7, 11) is 2.10. The maximum absolute atomic E-state index is 5.70. The van der Waals surface area contributed by atoms with Gasteiger partial charge in [-0.3, -0.25) is 4.90 Å². The van der Waals surface area contributed by atoms with Crippen LogP contribution in [0.25, 0.3) is 0 Å². The van der Waals surface area contributed by atoms with Crippen LogP contribution in [0.3, 0.4) is 0 Å². The predicted octanol–water partition coefficient (Wildman–Crippen LogP) is 2.68. The average molecular weight is 270 g/mol. The van der Waals surface area contributed by atoms with Gasteiger partial charge in [-0.15, -0.1) is 0 Å². The Morgan fingerprint density at radius 2 is 1.95 bits per heavy atom. The van der Waals surface area contributed by atoms with Crippen molar-refractivity contribution >= 4 is 5.82 Å². The zero-order valence-electron chi connectivity index (χ0n) is 12.2. The van der Waals surface area contributed by atoms with Gasteiger partial charge in [0.15, 0.2) is 0 Å². The molecule has 106 valence electrons. The summed E-state index contributed by atoms with van der Waals surface area (Å²) in [6.45, 7) is 3.12. The van der Waals surface area contributed by atoms with Gasteiger partial charge in [-0.05, 0) is 45.0 Å². The second kappa shape index (κ2) is 7.01. The highest BCUT2D eigenvalue weighted by Gasteiger charge is 2.14. The van der Waals surface area contributed by atoms with Gasteiger partial charge < -0.3 is 5.73 Å². The van der Waals surface area contributed by atoms with E-state index in [1.54, 1.807) is 12.3 Å². The first-order chi connectivity index (χ1) is 9.66. The molecule has 0 aliphatic carbocycles. The van der Waals surface area contributed by atoms with Crippen LogP contribution in [0.1, 0.15) is 30.8 Å². The van der Waals surface area contributed by atoms with Crippen molar-refractivity contribution in [2.45, 2.75) is 25.8 Å². The van der Waals surface area contributed by atoms with E-state index in [4.69, 9.17) is 5.73 Å². The molecule has 1 aromatic carbocycles. The molecular weight excluding hydrogens is 248 g/mol. The minimum Gasteiger partial charge on any atom is -0.384 e. The van der Waals surface area contributed by atoms with Gasteiger partial charge >= 0.3 is 0 Å². The number of nitrogens with two attached hydrogens (primary N) is 1. The van der Waals surface area contributed by atoms with E-state index in [-0.39, 0.29) is 6.04 Å². The van der Waals surface area contributed by atoms with Gasteiger partial charge in [0.25, 0.3) is 0 Å². The normalized spacial score (nSPS) is 12.6. The molecule has 4 nitrogen and oxygen atoms in total. The van der Waals surface area contributed by atoms with Gasteiger partial charge in [-0.25, -0.2) is 9.97 Å². The number of hydrogen-bond acceptors (Lipinski definition) is 4. The van der Waals surface area contributed by atoms with Crippen LogP contribution in [0.4, 0.5) is 5.82 Å². The van der Waals surface area contributed by atoms with Crippen molar-refractivity contribution in [2.75, 3.05) is 19.3 Å². The molecule has 2 aromatic rings. The number of benzene rings is 1. The lowest BCUT2D eigenvalue weighted by Gasteiger charge is -2.23. The zero-order valence-corrected chi connectivity index (χ0v) is 12.2. The van der Waals surface area contributed by atoms with Crippen LogP contribution < -0.4 is 5.73 Å². The summed E-state index contributed by atoms with van der Waals surface area (Å²) in [5.41, 5.74) is 7.09. The lowest BCUT2D eigenvalue weighted by atomic mass is 10.1. The Labute approximate surface area is 120 Å². The summed E-state index contributed by atoms with van der Waals surface area (Å²) in [6.07, 6.45) is 3.93. The molecule has 4 heteroatoms. The number of anilines is 1. The Morgan fingerprint density at radius 1 is 1.20 bits per heavy atom. The molecule has 0 saturated heterocycles. The Kier molecular flexibility index (Phi) is 5.07. The highest BCUT2D eigenvalue weighted by atomic mass is 15.2. The van der Waals surface area contributed by atoms with Crippen molar-refractivity contribution < 1.29 is 0 Å². The molecule has 0 unspecified atom stereocenters. The molecule has 0 radical (unpaired) electrons. The van der Waals surface area contributed by atoms with E-state index in [2.05, 4.69) is 59.2 Å². The number of aryl methyl sites for hydroxylation is 1. The van der Waals surface area contributed by atoms with E-state index < -0.39 is 0 Å². The fourth-order valence-corrected chi connectivity index (χ4v) is 2.16. The standard InChI is InChI=1S/C16H22N4/c1-13(16-18-11-10-15(17)19-16)20(2)12-6-9-14-7-4-3-5-8-14/h3-5,7-8,10-11,13H,6,9,12H2,1-2H3,(H2,17,18,19)/t13-/m0/s1. The summed E-state index contributed by atoms with van der Waals surface area (Å²) in [4.78, 5) is 10.8. The predicted molar refractivity (Wildman–Crippen MR) is 82.3 cm³/mol. The molecule has 0 saturated carbocycles. The molecule has 2 rings (SSSR count). The Morgan fingerprint density at radius 3 is 2.65 bits per heavy atom. The second-order valence-corrected chi connectivity index (χ2v) is 5.09. The van der Waals surface area contributed by atoms with Crippen LogP contribution in [0, 0.1) is 0 Å². The van der Waals surface area contributed by atoms with E-state index in [1.807, 2.05) is 0 Å². The highest BCUT2D eigenvalue weighted by Crippen LogP contribution is 2.15. The molecule has 0 bridgehead atoms. The van der Waals surface area contributed by atoms with Crippen molar-refractivity contribution in [1.82, 2.24) is 14.9 Å². The van der Waals surface area contributed by atoms with Crippen LogP contribution in [0.2, 0.25) is 0 Å². The number of nitrogen functional groups attached to an aromatic ring is 1. The van der Waals surface area contributed by atoms with E-state index >= 15 is 0 Å². The summed E-state index contributed by atoms with van der Waals surface area (Å²) >= 11 is 0. The summed E-state index contributed by atoms with van der Waals surface area (Å²) in [5, 5.41) is 0. The maximum Gasteiger partial charge on any atom is 0.147 e. The smallest absolute Gasteiger partial charge is 0.147 e. The molecule has 0 aliphatic rings. The fraction of sp³-hybridized carbons (Fsp3) is 0.375. The molecule has 0 aliphatic heterocycles. The van der Waals surface area contributed by atoms with Gasteiger partial charge in [0.1, 0.15) is 11.6 Å². The third kappa shape index (κ3) is 4.03. The van der Waals surface area contributed by atoms with E-state index in [0.717, 1.165) is 25.2 Å². The summed E-state index contributed by atoms with van der Waals surface area (Å²) in [5.74, 6) is 1.31. The summed E-state index contributed by atoms with van der Waals surface area (Å²) in [6, 6.07) is 12.5. The van der Waals surface area contributed by atoms with Crippen LogP contribution in [0.5, 0.6) is 0 Å². The molecule has 1 atom stereocenters. The number of rotatable bonds is 6. The molecule has 0 spiro atoms.